The predicted molar refractivity (Wildman–Crippen MR) is 312 cm³/mol. The van der Waals surface area contributed by atoms with Crippen LogP contribution in [0.25, 0.3) is 98.8 Å². The topological polar surface area (TPSA) is 16.4 Å². The van der Waals surface area contributed by atoms with Crippen LogP contribution < -0.4 is 4.90 Å². The minimum Gasteiger partial charge on any atom is -0.456 e. The summed E-state index contributed by atoms with van der Waals surface area (Å²) in [5, 5.41) is 9.83. The lowest BCUT2D eigenvalue weighted by molar-refractivity contribution is 0.353. The molecule has 2 spiro atoms. The zero-order chi connectivity index (χ0) is 49.0. The van der Waals surface area contributed by atoms with Gasteiger partial charge in [-0.2, -0.15) is 0 Å². The summed E-state index contributed by atoms with van der Waals surface area (Å²) in [4.78, 5) is 2.62. The van der Waals surface area contributed by atoms with Crippen LogP contribution in [0.4, 0.5) is 17.1 Å². The Bertz CT molecular complexity index is 4520. The average Bonchev–Trinajstić information content (AvgIpc) is 4.35. The number of furan rings is 1. The number of fused-ring (bicyclic) bond motifs is 24. The Labute approximate surface area is 435 Å². The molecule has 1 fully saturated rings. The molecule has 0 N–H and O–H groups in total. The third-order valence-corrected chi connectivity index (χ3v) is 18.2. The quantitative estimate of drug-likeness (QED) is 0.163. The molecule has 4 aliphatic rings. The molecular weight excluding hydrogens is 907 g/mol. The largest absolute Gasteiger partial charge is 0.456 e. The standard InChI is InChI=1S/C73H49NO/c1-16-38-72(39-17-1)63-27-11-6-24-55(63)60-42-47(34-36-64(60)72)74(46-33-35-52-50-20-3-2-18-48(50)49-19-4-5-21-51(49)59(52)41-46)69-44-68-61(43-58(69)45-32-37-71-62(40-45)57-26-10-15-31-70(57)75-71)56-25-9-14-30-67(56)73(68)65-28-12-7-22-53(65)54-23-8-13-29-66(54)73/h2-15,18-37,40-44H,1,16-17,38-39H2. The fraction of sp³-hybridized carbons (Fsp3) is 0.0959. The Hall–Kier alpha value is -8.98. The molecule has 13 aromatic rings. The molecule has 0 aliphatic heterocycles. The van der Waals surface area contributed by atoms with Gasteiger partial charge in [0, 0.05) is 33.1 Å². The van der Waals surface area contributed by atoms with Gasteiger partial charge in [0.25, 0.3) is 0 Å². The van der Waals surface area contributed by atoms with Crippen LogP contribution >= 0.6 is 0 Å². The molecule has 75 heavy (non-hydrogen) atoms. The van der Waals surface area contributed by atoms with Crippen molar-refractivity contribution in [2.75, 3.05) is 4.90 Å². The van der Waals surface area contributed by atoms with Crippen LogP contribution in [0, 0.1) is 0 Å². The molecule has 2 heteroatoms. The van der Waals surface area contributed by atoms with Crippen molar-refractivity contribution in [3.05, 3.63) is 270 Å². The van der Waals surface area contributed by atoms with E-state index in [9.17, 15) is 0 Å². The van der Waals surface area contributed by atoms with E-state index in [0.717, 1.165) is 44.6 Å². The minimum absolute atomic E-state index is 0.0411. The van der Waals surface area contributed by atoms with E-state index >= 15 is 0 Å². The van der Waals surface area contributed by atoms with Crippen LogP contribution in [0.2, 0.25) is 0 Å². The number of anilines is 3. The van der Waals surface area contributed by atoms with E-state index in [0.29, 0.717) is 0 Å². The van der Waals surface area contributed by atoms with Gasteiger partial charge >= 0.3 is 0 Å². The van der Waals surface area contributed by atoms with Gasteiger partial charge in [-0.1, -0.05) is 201 Å². The van der Waals surface area contributed by atoms with Crippen molar-refractivity contribution in [2.24, 2.45) is 0 Å². The smallest absolute Gasteiger partial charge is 0.135 e. The maximum atomic E-state index is 6.52. The summed E-state index contributed by atoms with van der Waals surface area (Å²) in [6, 6.07) is 90.1. The van der Waals surface area contributed by atoms with Gasteiger partial charge in [0.1, 0.15) is 11.2 Å². The zero-order valence-electron chi connectivity index (χ0n) is 41.4. The first-order valence-corrected chi connectivity index (χ1v) is 26.9. The lowest BCUT2D eigenvalue weighted by Crippen LogP contribution is -2.28. The van der Waals surface area contributed by atoms with Gasteiger partial charge < -0.3 is 9.32 Å². The molecule has 0 amide bonds. The summed E-state index contributed by atoms with van der Waals surface area (Å²) in [5.74, 6) is 0. The van der Waals surface area contributed by atoms with E-state index in [1.165, 1.54) is 137 Å². The van der Waals surface area contributed by atoms with Crippen molar-refractivity contribution in [1.29, 1.82) is 0 Å². The van der Waals surface area contributed by atoms with Crippen LogP contribution in [-0.4, -0.2) is 0 Å². The summed E-state index contributed by atoms with van der Waals surface area (Å²) in [5.41, 5.74) is 23.2. The Morgan fingerprint density at radius 1 is 0.293 bits per heavy atom. The van der Waals surface area contributed by atoms with E-state index in [2.05, 4.69) is 241 Å². The fourth-order valence-corrected chi connectivity index (χ4v) is 15.2. The molecule has 0 unspecified atom stereocenters. The first kappa shape index (κ1) is 41.5. The van der Waals surface area contributed by atoms with E-state index < -0.39 is 5.41 Å². The Morgan fingerprint density at radius 2 is 0.773 bits per heavy atom. The van der Waals surface area contributed by atoms with Crippen LogP contribution in [0.1, 0.15) is 65.5 Å². The molecule has 17 rings (SSSR count). The monoisotopic (exact) mass is 955 g/mol. The molecule has 1 heterocycles. The third kappa shape index (κ3) is 5.48. The number of hydrogen-bond donors (Lipinski definition) is 0. The molecule has 1 aromatic heterocycles. The first-order chi connectivity index (χ1) is 37.2. The number of nitrogens with zero attached hydrogens (tertiary/aromatic N) is 1. The van der Waals surface area contributed by atoms with Crippen molar-refractivity contribution < 1.29 is 4.42 Å². The molecule has 0 saturated heterocycles. The van der Waals surface area contributed by atoms with Gasteiger partial charge in [0.15, 0.2) is 0 Å². The van der Waals surface area contributed by atoms with Crippen LogP contribution in [0.15, 0.2) is 241 Å². The van der Waals surface area contributed by atoms with E-state index in [-0.39, 0.29) is 5.41 Å². The summed E-state index contributed by atoms with van der Waals surface area (Å²) in [7, 11) is 0. The maximum absolute atomic E-state index is 6.52. The molecule has 12 aromatic carbocycles. The van der Waals surface area contributed by atoms with E-state index in [4.69, 9.17) is 4.42 Å². The number of benzene rings is 12. The molecule has 4 aliphatic carbocycles. The second-order valence-electron chi connectivity index (χ2n) is 21.7. The molecule has 2 nitrogen and oxygen atoms in total. The minimum atomic E-state index is -0.536. The van der Waals surface area contributed by atoms with E-state index in [1.54, 1.807) is 0 Å². The Kier molecular flexibility index (Phi) is 8.46. The third-order valence-electron chi connectivity index (χ3n) is 18.2. The summed E-state index contributed by atoms with van der Waals surface area (Å²) < 4.78 is 6.52. The van der Waals surface area contributed by atoms with Gasteiger partial charge in [-0.15, -0.1) is 0 Å². The Balaban J connectivity index is 1.01. The van der Waals surface area contributed by atoms with E-state index in [1.807, 2.05) is 0 Å². The Morgan fingerprint density at radius 3 is 1.44 bits per heavy atom. The molecule has 0 atom stereocenters. The van der Waals surface area contributed by atoms with Crippen molar-refractivity contribution in [2.45, 2.75) is 42.9 Å². The lowest BCUT2D eigenvalue weighted by Gasteiger charge is -2.36. The van der Waals surface area contributed by atoms with Crippen molar-refractivity contribution >= 4 is 71.3 Å². The van der Waals surface area contributed by atoms with Gasteiger partial charge in [-0.05, 0) is 172 Å². The van der Waals surface area contributed by atoms with Gasteiger partial charge in [-0.25, -0.2) is 0 Å². The maximum Gasteiger partial charge on any atom is 0.135 e. The second-order valence-corrected chi connectivity index (χ2v) is 21.7. The lowest BCUT2D eigenvalue weighted by atomic mass is 9.68. The zero-order valence-corrected chi connectivity index (χ0v) is 41.4. The molecule has 0 bridgehead atoms. The van der Waals surface area contributed by atoms with Crippen LogP contribution in [0.3, 0.4) is 0 Å². The van der Waals surface area contributed by atoms with Crippen molar-refractivity contribution in [3.63, 3.8) is 0 Å². The molecule has 0 radical (unpaired) electrons. The van der Waals surface area contributed by atoms with Crippen molar-refractivity contribution in [1.82, 2.24) is 0 Å². The summed E-state index contributed by atoms with van der Waals surface area (Å²) >= 11 is 0. The van der Waals surface area contributed by atoms with Crippen molar-refractivity contribution in [3.8, 4) is 44.5 Å². The fourth-order valence-electron chi connectivity index (χ4n) is 15.2. The molecule has 1 saturated carbocycles. The summed E-state index contributed by atoms with van der Waals surface area (Å²) in [6.45, 7) is 0. The predicted octanol–water partition coefficient (Wildman–Crippen LogP) is 19.8. The highest BCUT2D eigenvalue weighted by molar-refractivity contribution is 6.26. The second kappa shape index (κ2) is 15.3. The normalized spacial score (nSPS) is 15.1. The SMILES string of the molecule is c1ccc2c(c1)-c1cc(N(c3ccc4c5ccccc5c5ccccc5c4c3)c3cc4c(cc3-c3ccc5oc6ccccc6c5c3)-c3ccccc3C43c4ccccc4-c4ccccc43)ccc1C21CCCCC1. The van der Waals surface area contributed by atoms with Gasteiger partial charge in [-0.3, -0.25) is 0 Å². The molecule has 352 valence electrons. The average molecular weight is 956 g/mol. The highest BCUT2D eigenvalue weighted by atomic mass is 16.3. The van der Waals surface area contributed by atoms with Crippen LogP contribution in [-0.2, 0) is 10.8 Å². The van der Waals surface area contributed by atoms with Gasteiger partial charge in [0.2, 0.25) is 0 Å². The first-order valence-electron chi connectivity index (χ1n) is 26.9. The number of para-hydroxylation sites is 1. The number of hydrogen-bond acceptors (Lipinski definition) is 2. The molecular formula is C73H49NO. The van der Waals surface area contributed by atoms with Crippen LogP contribution in [0.5, 0.6) is 0 Å². The highest BCUT2D eigenvalue weighted by Crippen LogP contribution is 2.65. The summed E-state index contributed by atoms with van der Waals surface area (Å²) in [6.07, 6.45) is 6.20. The highest BCUT2D eigenvalue weighted by Gasteiger charge is 2.52. The van der Waals surface area contributed by atoms with Gasteiger partial charge in [0.05, 0.1) is 11.1 Å². The number of rotatable bonds is 4.